The van der Waals surface area contributed by atoms with Gasteiger partial charge >= 0.3 is 0 Å². The van der Waals surface area contributed by atoms with Gasteiger partial charge in [-0.05, 0) is 25.1 Å². The van der Waals surface area contributed by atoms with Gasteiger partial charge in [0.1, 0.15) is 0 Å². The second-order valence-corrected chi connectivity index (χ2v) is 5.05. The van der Waals surface area contributed by atoms with Crippen molar-refractivity contribution >= 4 is 29.0 Å². The van der Waals surface area contributed by atoms with Crippen molar-refractivity contribution in [3.63, 3.8) is 0 Å². The lowest BCUT2D eigenvalue weighted by atomic mass is 10.2. The molecular weight excluding hydrogens is 230 g/mol. The summed E-state index contributed by atoms with van der Waals surface area (Å²) in [5, 5.41) is 3.29. The minimum absolute atomic E-state index is 0.748. The smallest absolute Gasteiger partial charge is 0.0934 e. The Hall–Kier alpha value is -0.350. The van der Waals surface area contributed by atoms with Crippen LogP contribution in [0.2, 0.25) is 4.34 Å². The molecule has 4 heteroatoms. The molecule has 0 saturated heterocycles. The van der Waals surface area contributed by atoms with Crippen LogP contribution in [0.1, 0.15) is 11.8 Å². The molecule has 0 aromatic carbocycles. The summed E-state index contributed by atoms with van der Waals surface area (Å²) >= 11 is 7.44. The average Bonchev–Trinajstić information content (AvgIpc) is 2.59. The summed E-state index contributed by atoms with van der Waals surface area (Å²) < 4.78 is 5.78. The highest BCUT2D eigenvalue weighted by molar-refractivity contribution is 7.17. The Bertz CT molecular complexity index is 322. The summed E-state index contributed by atoms with van der Waals surface area (Å²) in [4.78, 5) is 1.20. The second-order valence-electron chi connectivity index (χ2n) is 3.30. The Morgan fingerprint density at radius 2 is 2.40 bits per heavy atom. The number of hydrogen-bond donors (Lipinski definition) is 1. The Kier molecular flexibility index (Phi) is 5.95. The zero-order chi connectivity index (χ0) is 11.1. The van der Waals surface area contributed by atoms with Crippen molar-refractivity contribution in [2.24, 2.45) is 0 Å². The van der Waals surface area contributed by atoms with Crippen molar-refractivity contribution in [1.82, 2.24) is 5.32 Å². The zero-order valence-corrected chi connectivity index (χ0v) is 10.6. The fraction of sp³-hybridized carbons (Fsp3) is 0.455. The van der Waals surface area contributed by atoms with Crippen LogP contribution < -0.4 is 5.32 Å². The van der Waals surface area contributed by atoms with Crippen LogP contribution in [0.4, 0.5) is 0 Å². The van der Waals surface area contributed by atoms with E-state index in [4.69, 9.17) is 16.3 Å². The standard InChI is InChI=1S/C11H16ClNOS/c1-9(8-13-5-6-14-2)7-10-3-4-11(12)15-10/h3-4,7,13H,5-6,8H2,1-2H3. The first kappa shape index (κ1) is 12.7. The normalized spacial score (nSPS) is 12.1. The van der Waals surface area contributed by atoms with Crippen LogP contribution >= 0.6 is 22.9 Å². The van der Waals surface area contributed by atoms with Crippen LogP contribution in [0.5, 0.6) is 0 Å². The monoisotopic (exact) mass is 245 g/mol. The van der Waals surface area contributed by atoms with Gasteiger partial charge in [0.2, 0.25) is 0 Å². The zero-order valence-electron chi connectivity index (χ0n) is 9.05. The molecule has 0 aliphatic rings. The minimum Gasteiger partial charge on any atom is -0.383 e. The van der Waals surface area contributed by atoms with E-state index < -0.39 is 0 Å². The topological polar surface area (TPSA) is 21.3 Å². The summed E-state index contributed by atoms with van der Waals surface area (Å²) in [5.41, 5.74) is 1.30. The molecule has 0 fully saturated rings. The highest BCUT2D eigenvalue weighted by Crippen LogP contribution is 2.23. The SMILES string of the molecule is COCCNCC(C)=Cc1ccc(Cl)s1. The van der Waals surface area contributed by atoms with Gasteiger partial charge in [-0.15, -0.1) is 11.3 Å². The van der Waals surface area contributed by atoms with E-state index in [0.29, 0.717) is 0 Å². The molecule has 1 aromatic heterocycles. The molecule has 0 atom stereocenters. The van der Waals surface area contributed by atoms with E-state index in [1.54, 1.807) is 18.4 Å². The summed E-state index contributed by atoms with van der Waals surface area (Å²) in [6.45, 7) is 4.62. The van der Waals surface area contributed by atoms with Crippen molar-refractivity contribution < 1.29 is 4.74 Å². The Balaban J connectivity index is 2.33. The first-order valence-corrected chi connectivity index (χ1v) is 6.04. The van der Waals surface area contributed by atoms with E-state index in [2.05, 4.69) is 18.3 Å². The van der Waals surface area contributed by atoms with Gasteiger partial charge in [-0.25, -0.2) is 0 Å². The third kappa shape index (κ3) is 5.33. The van der Waals surface area contributed by atoms with E-state index in [0.717, 1.165) is 24.0 Å². The number of nitrogens with one attached hydrogen (secondary N) is 1. The molecule has 0 spiro atoms. The van der Waals surface area contributed by atoms with E-state index in [1.165, 1.54) is 10.5 Å². The molecule has 84 valence electrons. The molecular formula is C11H16ClNOS. The second kappa shape index (κ2) is 7.01. The third-order valence-electron chi connectivity index (χ3n) is 1.87. The third-order valence-corrected chi connectivity index (χ3v) is 3.05. The lowest BCUT2D eigenvalue weighted by molar-refractivity contribution is 0.200. The lowest BCUT2D eigenvalue weighted by Gasteiger charge is -2.03. The average molecular weight is 246 g/mol. The molecule has 0 radical (unpaired) electrons. The first-order chi connectivity index (χ1) is 7.22. The number of thiophene rings is 1. The van der Waals surface area contributed by atoms with E-state index in [1.807, 2.05) is 12.1 Å². The molecule has 1 heterocycles. The van der Waals surface area contributed by atoms with Crippen LogP contribution in [-0.2, 0) is 4.74 Å². The Labute approximate surface area is 99.9 Å². The van der Waals surface area contributed by atoms with E-state index >= 15 is 0 Å². The number of methoxy groups -OCH3 is 1. The van der Waals surface area contributed by atoms with Crippen LogP contribution in [0.15, 0.2) is 17.7 Å². The van der Waals surface area contributed by atoms with Crippen molar-refractivity contribution in [2.45, 2.75) is 6.92 Å². The number of halogens is 1. The lowest BCUT2D eigenvalue weighted by Crippen LogP contribution is -2.20. The van der Waals surface area contributed by atoms with Crippen LogP contribution in [0.3, 0.4) is 0 Å². The van der Waals surface area contributed by atoms with Gasteiger partial charge in [-0.2, -0.15) is 0 Å². The van der Waals surface area contributed by atoms with Crippen LogP contribution in [-0.4, -0.2) is 26.8 Å². The summed E-state index contributed by atoms with van der Waals surface area (Å²) in [6.07, 6.45) is 2.15. The molecule has 0 aliphatic carbocycles. The summed E-state index contributed by atoms with van der Waals surface area (Å²) in [7, 11) is 1.71. The van der Waals surface area contributed by atoms with Crippen molar-refractivity contribution in [3.05, 3.63) is 26.9 Å². The van der Waals surface area contributed by atoms with E-state index in [9.17, 15) is 0 Å². The maximum atomic E-state index is 5.85. The number of ether oxygens (including phenoxy) is 1. The largest absolute Gasteiger partial charge is 0.383 e. The van der Waals surface area contributed by atoms with E-state index in [-0.39, 0.29) is 0 Å². The van der Waals surface area contributed by atoms with Gasteiger partial charge in [0.05, 0.1) is 10.9 Å². The van der Waals surface area contributed by atoms with Crippen molar-refractivity contribution in [1.29, 1.82) is 0 Å². The maximum absolute atomic E-state index is 5.85. The van der Waals surface area contributed by atoms with Gasteiger partial charge in [-0.3, -0.25) is 0 Å². The first-order valence-electron chi connectivity index (χ1n) is 4.84. The molecule has 2 nitrogen and oxygen atoms in total. The molecule has 1 rings (SSSR count). The van der Waals surface area contributed by atoms with Gasteiger partial charge in [0.25, 0.3) is 0 Å². The molecule has 0 bridgehead atoms. The van der Waals surface area contributed by atoms with Crippen LogP contribution in [0.25, 0.3) is 6.08 Å². The molecule has 0 aliphatic heterocycles. The van der Waals surface area contributed by atoms with Crippen molar-refractivity contribution in [3.8, 4) is 0 Å². The van der Waals surface area contributed by atoms with Gasteiger partial charge in [0, 0.05) is 25.1 Å². The predicted molar refractivity (Wildman–Crippen MR) is 67.7 cm³/mol. The summed E-state index contributed by atoms with van der Waals surface area (Å²) in [6, 6.07) is 3.95. The summed E-state index contributed by atoms with van der Waals surface area (Å²) in [5.74, 6) is 0. The number of hydrogen-bond acceptors (Lipinski definition) is 3. The fourth-order valence-corrected chi connectivity index (χ4v) is 2.25. The highest BCUT2D eigenvalue weighted by atomic mass is 35.5. The minimum atomic E-state index is 0.748. The van der Waals surface area contributed by atoms with Gasteiger partial charge < -0.3 is 10.1 Å². The molecule has 0 amide bonds. The Morgan fingerprint density at radius 1 is 1.60 bits per heavy atom. The molecule has 0 unspecified atom stereocenters. The molecule has 15 heavy (non-hydrogen) atoms. The maximum Gasteiger partial charge on any atom is 0.0934 e. The van der Waals surface area contributed by atoms with Gasteiger partial charge in [-0.1, -0.05) is 17.2 Å². The fourth-order valence-electron chi connectivity index (χ4n) is 1.16. The number of rotatable bonds is 6. The van der Waals surface area contributed by atoms with Gasteiger partial charge in [0.15, 0.2) is 0 Å². The quantitative estimate of drug-likeness (QED) is 0.778. The molecule has 1 N–H and O–H groups in total. The Morgan fingerprint density at radius 3 is 3.00 bits per heavy atom. The highest BCUT2D eigenvalue weighted by Gasteiger charge is 1.95. The molecule has 1 aromatic rings. The molecule has 0 saturated carbocycles. The van der Waals surface area contributed by atoms with Crippen molar-refractivity contribution in [2.75, 3.05) is 26.8 Å². The van der Waals surface area contributed by atoms with Crippen LogP contribution in [0, 0.1) is 0 Å². The predicted octanol–water partition coefficient (Wildman–Crippen LogP) is 3.04.